The van der Waals surface area contributed by atoms with Gasteiger partial charge in [-0.25, -0.2) is 0 Å². The first-order valence-electron chi connectivity index (χ1n) is 3.31. The smallest absolute Gasteiger partial charge is 0.154 e. The molecule has 1 nitrogen and oxygen atoms in total. The van der Waals surface area contributed by atoms with Crippen molar-refractivity contribution in [2.45, 2.75) is 26.3 Å². The molecule has 0 rings (SSSR count). The van der Waals surface area contributed by atoms with Crippen LogP contribution >= 0.6 is 0 Å². The van der Waals surface area contributed by atoms with Crippen LogP contribution in [0.2, 0.25) is 0 Å². The first-order chi connectivity index (χ1) is 3.56. The maximum Gasteiger partial charge on any atom is 0.154 e. The van der Waals surface area contributed by atoms with Gasteiger partial charge in [0.2, 0.25) is 0 Å². The average molecular weight is 109 g/mol. The summed E-state index contributed by atoms with van der Waals surface area (Å²) in [6.45, 7) is 6.55. The number of rotatable bonds is 2. The van der Waals surface area contributed by atoms with E-state index >= 15 is 0 Å². The van der Waals surface area contributed by atoms with Gasteiger partial charge in [0.25, 0.3) is 0 Å². The quantitative estimate of drug-likeness (QED) is 0.431. The molecule has 0 saturated carbocycles. The summed E-state index contributed by atoms with van der Waals surface area (Å²) in [6.07, 6.45) is 0. The molecule has 0 bridgehead atoms. The molecule has 4 heteroatoms. The monoisotopic (exact) mass is 109 g/mol. The fourth-order valence-corrected chi connectivity index (χ4v) is 0.500. The van der Waals surface area contributed by atoms with Crippen LogP contribution in [0.4, 0.5) is 0 Å². The Bertz CT molecular complexity index is 58.8. The molecule has 0 heterocycles. The van der Waals surface area contributed by atoms with Crippen molar-refractivity contribution in [3.63, 3.8) is 0 Å². The standard InChI is InChI=1S/C4H14B3N/c1-4(2,3)8-7-6-5/h6-8H,5H2,1-3H3. The molecule has 0 atom stereocenters. The van der Waals surface area contributed by atoms with Crippen molar-refractivity contribution < 1.29 is 0 Å². The zero-order valence-corrected chi connectivity index (χ0v) is 6.41. The lowest BCUT2D eigenvalue weighted by molar-refractivity contribution is 0.526. The van der Waals surface area contributed by atoms with E-state index in [1.54, 1.807) is 0 Å². The highest BCUT2D eigenvalue weighted by atomic mass is 14.8. The summed E-state index contributed by atoms with van der Waals surface area (Å²) < 4.78 is 0. The molecule has 0 aromatic heterocycles. The molecule has 0 aromatic rings. The highest BCUT2D eigenvalue weighted by Gasteiger charge is 2.06. The van der Waals surface area contributed by atoms with Crippen molar-refractivity contribution in [3.05, 3.63) is 0 Å². The Hall–Kier alpha value is 0.155. The van der Waals surface area contributed by atoms with E-state index in [4.69, 9.17) is 0 Å². The highest BCUT2D eigenvalue weighted by Crippen LogP contribution is 1.94. The van der Waals surface area contributed by atoms with Crippen molar-refractivity contribution in [3.8, 4) is 0 Å². The topological polar surface area (TPSA) is 12.0 Å². The van der Waals surface area contributed by atoms with Gasteiger partial charge in [-0.1, -0.05) is 0 Å². The Morgan fingerprint density at radius 2 is 1.88 bits per heavy atom. The fraction of sp³-hybridized carbons (Fsp3) is 1.00. The van der Waals surface area contributed by atoms with E-state index in [2.05, 4.69) is 33.7 Å². The Morgan fingerprint density at radius 3 is 2.00 bits per heavy atom. The van der Waals surface area contributed by atoms with Gasteiger partial charge in [0.1, 0.15) is 0 Å². The summed E-state index contributed by atoms with van der Waals surface area (Å²) in [6, 6.07) is 0. The van der Waals surface area contributed by atoms with Crippen LogP contribution in [0, 0.1) is 0 Å². The summed E-state index contributed by atoms with van der Waals surface area (Å²) in [4.78, 5) is 0. The van der Waals surface area contributed by atoms with Gasteiger partial charge in [-0.3, -0.25) is 0 Å². The molecule has 0 aliphatic heterocycles. The lowest BCUT2D eigenvalue weighted by Gasteiger charge is -2.19. The van der Waals surface area contributed by atoms with E-state index in [1.807, 2.05) is 0 Å². The first-order valence-corrected chi connectivity index (χ1v) is 3.31. The molecule has 0 aliphatic rings. The summed E-state index contributed by atoms with van der Waals surface area (Å²) in [5.74, 6) is 0. The van der Waals surface area contributed by atoms with Gasteiger partial charge in [-0.05, 0) is 26.3 Å². The summed E-state index contributed by atoms with van der Waals surface area (Å²) in [7, 11) is 4.53. The van der Waals surface area contributed by atoms with Crippen LogP contribution in [0.3, 0.4) is 0 Å². The van der Waals surface area contributed by atoms with Crippen molar-refractivity contribution in [1.29, 1.82) is 0 Å². The summed E-state index contributed by atoms with van der Waals surface area (Å²) in [5.41, 5.74) is 0.302. The fourth-order valence-electron chi connectivity index (χ4n) is 0.500. The Labute approximate surface area is 54.5 Å². The summed E-state index contributed by atoms with van der Waals surface area (Å²) >= 11 is 0. The van der Waals surface area contributed by atoms with Crippen LogP contribution in [-0.4, -0.2) is 27.6 Å². The number of hydrogen-bond donors (Lipinski definition) is 1. The summed E-state index contributed by atoms with van der Waals surface area (Å²) in [5, 5.41) is 3.37. The molecule has 0 spiro atoms. The number of nitrogens with one attached hydrogen (secondary N) is 1. The van der Waals surface area contributed by atoms with Crippen LogP contribution in [0.15, 0.2) is 0 Å². The molecule has 8 heavy (non-hydrogen) atoms. The lowest BCUT2D eigenvalue weighted by atomic mass is 9.33. The zero-order chi connectivity index (χ0) is 6.62. The minimum absolute atomic E-state index is 0.302. The maximum atomic E-state index is 3.37. The zero-order valence-electron chi connectivity index (χ0n) is 6.41. The van der Waals surface area contributed by atoms with Crippen molar-refractivity contribution in [1.82, 2.24) is 5.23 Å². The Balaban J connectivity index is 3.11. The van der Waals surface area contributed by atoms with E-state index in [1.165, 1.54) is 7.06 Å². The van der Waals surface area contributed by atoms with Gasteiger partial charge in [0, 0.05) is 0 Å². The van der Waals surface area contributed by atoms with Crippen LogP contribution in [0.5, 0.6) is 0 Å². The van der Waals surface area contributed by atoms with E-state index < -0.39 is 0 Å². The molecular formula is C4H14B3N. The second-order valence-electron chi connectivity index (χ2n) is 3.18. The molecule has 44 valence electrons. The van der Waals surface area contributed by atoms with Crippen LogP contribution in [0.25, 0.3) is 0 Å². The molecule has 0 radical (unpaired) electrons. The SMILES string of the molecule is BBBNC(C)(C)C. The molecular weight excluding hydrogens is 94.5 g/mol. The molecule has 0 amide bonds. The molecule has 0 aromatic carbocycles. The third-order valence-corrected chi connectivity index (χ3v) is 0.905. The molecule has 1 N–H and O–H groups in total. The Morgan fingerprint density at radius 1 is 1.38 bits per heavy atom. The second-order valence-corrected chi connectivity index (χ2v) is 3.18. The van der Waals surface area contributed by atoms with Gasteiger partial charge < -0.3 is 5.23 Å². The average Bonchev–Trinajstić information content (AvgIpc) is 1.59. The second kappa shape index (κ2) is 3.23. The maximum absolute atomic E-state index is 3.37. The van der Waals surface area contributed by atoms with Crippen molar-refractivity contribution >= 4 is 22.1 Å². The van der Waals surface area contributed by atoms with Crippen molar-refractivity contribution in [2.24, 2.45) is 0 Å². The van der Waals surface area contributed by atoms with Crippen LogP contribution in [-0.2, 0) is 0 Å². The third kappa shape index (κ3) is 6.15. The van der Waals surface area contributed by atoms with Crippen LogP contribution < -0.4 is 5.23 Å². The van der Waals surface area contributed by atoms with Crippen LogP contribution in [0.1, 0.15) is 20.8 Å². The van der Waals surface area contributed by atoms with E-state index in [0.717, 1.165) is 7.31 Å². The van der Waals surface area contributed by atoms with Gasteiger partial charge in [-0.15, -0.1) is 0 Å². The molecule has 0 saturated heterocycles. The predicted molar refractivity (Wildman–Crippen MR) is 45.7 cm³/mol. The minimum atomic E-state index is 0.302. The first kappa shape index (κ1) is 8.15. The molecule has 0 unspecified atom stereocenters. The van der Waals surface area contributed by atoms with E-state index in [0.29, 0.717) is 5.54 Å². The van der Waals surface area contributed by atoms with Gasteiger partial charge in [0.05, 0.1) is 14.8 Å². The van der Waals surface area contributed by atoms with Gasteiger partial charge in [-0.2, -0.15) is 0 Å². The lowest BCUT2D eigenvalue weighted by Crippen LogP contribution is -2.41. The van der Waals surface area contributed by atoms with Gasteiger partial charge >= 0.3 is 0 Å². The molecule has 0 aliphatic carbocycles. The van der Waals surface area contributed by atoms with Gasteiger partial charge in [0.15, 0.2) is 7.31 Å². The molecule has 0 fully saturated rings. The number of hydrogen-bond acceptors (Lipinski definition) is 1. The predicted octanol–water partition coefficient (Wildman–Crippen LogP) is -1.37. The normalized spacial score (nSPS) is 10.9. The van der Waals surface area contributed by atoms with E-state index in [9.17, 15) is 0 Å². The van der Waals surface area contributed by atoms with E-state index in [-0.39, 0.29) is 0 Å². The Kier molecular flexibility index (Phi) is 3.30. The largest absolute Gasteiger partial charge is 0.362 e. The minimum Gasteiger partial charge on any atom is -0.362 e. The van der Waals surface area contributed by atoms with Crippen molar-refractivity contribution in [2.75, 3.05) is 0 Å². The third-order valence-electron chi connectivity index (χ3n) is 0.905. The highest BCUT2D eigenvalue weighted by molar-refractivity contribution is 7.23.